The van der Waals surface area contributed by atoms with Crippen LogP contribution in [0, 0.1) is 11.3 Å². The van der Waals surface area contributed by atoms with Crippen molar-refractivity contribution in [1.29, 1.82) is 0 Å². The smallest absolute Gasteiger partial charge is 0.224 e. The molecule has 0 bridgehead atoms. The number of aromatic nitrogens is 1. The molecule has 3 nitrogen and oxygen atoms in total. The number of carbonyl (C=O) groups excluding carboxylic acids is 1. The zero-order valence-electron chi connectivity index (χ0n) is 9.62. The molecule has 1 fully saturated rings. The molecular formula is C12H15ClN2O. The number of hydrogen-bond acceptors (Lipinski definition) is 2. The summed E-state index contributed by atoms with van der Waals surface area (Å²) in [6.07, 6.45) is 3.35. The molecule has 1 saturated carbocycles. The summed E-state index contributed by atoms with van der Waals surface area (Å²) in [6, 6.07) is 1.90. The zero-order chi connectivity index (χ0) is 11.9. The zero-order valence-corrected chi connectivity index (χ0v) is 10.4. The molecule has 1 amide bonds. The van der Waals surface area contributed by atoms with Crippen LogP contribution in [0.15, 0.2) is 18.5 Å². The van der Waals surface area contributed by atoms with E-state index in [1.807, 2.05) is 6.07 Å². The molecular weight excluding hydrogens is 224 g/mol. The van der Waals surface area contributed by atoms with Crippen molar-refractivity contribution in [1.82, 2.24) is 10.3 Å². The SMILES string of the molecule is CNC(=O)[C@@H]1[C@@H](c2ccncc2Cl)C1(C)C. The van der Waals surface area contributed by atoms with Crippen molar-refractivity contribution < 1.29 is 4.79 Å². The maximum absolute atomic E-state index is 11.7. The normalized spacial score (nSPS) is 26.2. The number of amides is 1. The van der Waals surface area contributed by atoms with Crippen LogP contribution in [-0.2, 0) is 4.79 Å². The van der Waals surface area contributed by atoms with Gasteiger partial charge in [-0.25, -0.2) is 0 Å². The molecule has 16 heavy (non-hydrogen) atoms. The van der Waals surface area contributed by atoms with Gasteiger partial charge in [0.15, 0.2) is 0 Å². The summed E-state index contributed by atoms with van der Waals surface area (Å²) in [5, 5.41) is 3.35. The predicted octanol–water partition coefficient (Wildman–Crippen LogP) is 2.22. The molecule has 0 radical (unpaired) electrons. The average molecular weight is 239 g/mol. The van der Waals surface area contributed by atoms with Gasteiger partial charge in [-0.15, -0.1) is 0 Å². The largest absolute Gasteiger partial charge is 0.359 e. The summed E-state index contributed by atoms with van der Waals surface area (Å²) >= 11 is 6.11. The van der Waals surface area contributed by atoms with Crippen LogP contribution >= 0.6 is 11.6 Å². The maximum Gasteiger partial charge on any atom is 0.224 e. The minimum atomic E-state index is -0.0227. The Bertz CT molecular complexity index is 431. The molecule has 0 unspecified atom stereocenters. The third-order valence-corrected chi connectivity index (χ3v) is 3.81. The second kappa shape index (κ2) is 3.74. The van der Waals surface area contributed by atoms with Crippen LogP contribution in [0.1, 0.15) is 25.3 Å². The molecule has 2 atom stereocenters. The van der Waals surface area contributed by atoms with Gasteiger partial charge in [0.2, 0.25) is 5.91 Å². The first-order valence-electron chi connectivity index (χ1n) is 5.31. The number of carbonyl (C=O) groups is 1. The fraction of sp³-hybridized carbons (Fsp3) is 0.500. The van der Waals surface area contributed by atoms with Crippen molar-refractivity contribution in [3.05, 3.63) is 29.0 Å². The van der Waals surface area contributed by atoms with Gasteiger partial charge in [0.1, 0.15) is 0 Å². The molecule has 0 aromatic carbocycles. The molecule has 1 aliphatic rings. The molecule has 0 aliphatic heterocycles. The van der Waals surface area contributed by atoms with Crippen LogP contribution in [0.25, 0.3) is 0 Å². The highest BCUT2D eigenvalue weighted by atomic mass is 35.5. The average Bonchev–Trinajstić information content (AvgIpc) is 2.81. The highest BCUT2D eigenvalue weighted by Crippen LogP contribution is 2.65. The second-order valence-corrected chi connectivity index (χ2v) is 5.20. The van der Waals surface area contributed by atoms with Crippen LogP contribution in [0.3, 0.4) is 0 Å². The minimum absolute atomic E-state index is 0.0115. The fourth-order valence-electron chi connectivity index (χ4n) is 2.50. The summed E-state index contributed by atoms with van der Waals surface area (Å²) in [7, 11) is 1.67. The van der Waals surface area contributed by atoms with E-state index in [9.17, 15) is 4.79 Å². The first kappa shape index (κ1) is 11.4. The number of hydrogen-bond donors (Lipinski definition) is 1. The lowest BCUT2D eigenvalue weighted by molar-refractivity contribution is -0.122. The first-order chi connectivity index (χ1) is 7.50. The highest BCUT2D eigenvalue weighted by molar-refractivity contribution is 6.31. The Kier molecular flexibility index (Phi) is 2.66. The van der Waals surface area contributed by atoms with E-state index < -0.39 is 0 Å². The van der Waals surface area contributed by atoms with Gasteiger partial charge in [-0.05, 0) is 17.0 Å². The van der Waals surface area contributed by atoms with Crippen LogP contribution in [0.4, 0.5) is 0 Å². The molecule has 1 N–H and O–H groups in total. The van der Waals surface area contributed by atoms with Gasteiger partial charge >= 0.3 is 0 Å². The summed E-state index contributed by atoms with van der Waals surface area (Å²) in [6.45, 7) is 4.18. The lowest BCUT2D eigenvalue weighted by Crippen LogP contribution is -2.22. The van der Waals surface area contributed by atoms with E-state index >= 15 is 0 Å². The Balaban J connectivity index is 2.31. The quantitative estimate of drug-likeness (QED) is 0.859. The number of nitrogens with one attached hydrogen (secondary N) is 1. The summed E-state index contributed by atoms with van der Waals surface area (Å²) in [5.41, 5.74) is 1.00. The first-order valence-corrected chi connectivity index (χ1v) is 5.69. The van der Waals surface area contributed by atoms with Crippen LogP contribution < -0.4 is 5.32 Å². The van der Waals surface area contributed by atoms with E-state index in [4.69, 9.17) is 11.6 Å². The van der Waals surface area contributed by atoms with Crippen LogP contribution in [-0.4, -0.2) is 17.9 Å². The predicted molar refractivity (Wildman–Crippen MR) is 63.3 cm³/mol. The van der Waals surface area contributed by atoms with Gasteiger partial charge < -0.3 is 5.32 Å². The van der Waals surface area contributed by atoms with Gasteiger partial charge in [-0.1, -0.05) is 25.4 Å². The molecule has 1 heterocycles. The Morgan fingerprint density at radius 3 is 2.81 bits per heavy atom. The third kappa shape index (κ3) is 1.59. The monoisotopic (exact) mass is 238 g/mol. The Morgan fingerprint density at radius 1 is 1.56 bits per heavy atom. The summed E-state index contributed by atoms with van der Waals surface area (Å²) in [4.78, 5) is 15.7. The van der Waals surface area contributed by atoms with E-state index in [0.717, 1.165) is 5.56 Å². The lowest BCUT2D eigenvalue weighted by atomic mass is 10.0. The van der Waals surface area contributed by atoms with Crippen molar-refractivity contribution in [3.63, 3.8) is 0 Å². The molecule has 0 saturated heterocycles. The molecule has 1 aromatic heterocycles. The molecule has 86 valence electrons. The molecule has 0 spiro atoms. The van der Waals surface area contributed by atoms with Crippen LogP contribution in [0.2, 0.25) is 5.02 Å². The summed E-state index contributed by atoms with van der Waals surface area (Å²) < 4.78 is 0. The van der Waals surface area contributed by atoms with Crippen molar-refractivity contribution in [2.24, 2.45) is 11.3 Å². The van der Waals surface area contributed by atoms with Crippen molar-refractivity contribution in [3.8, 4) is 0 Å². The molecule has 4 heteroatoms. The Hall–Kier alpha value is -1.09. The standard InChI is InChI=1S/C12H15ClN2O/c1-12(2)9(10(12)11(16)14-3)7-4-5-15-6-8(7)13/h4-6,9-10H,1-3H3,(H,14,16)/t9-,10+/m1/s1. The van der Waals surface area contributed by atoms with Gasteiger partial charge in [-0.2, -0.15) is 0 Å². The molecule has 1 aliphatic carbocycles. The van der Waals surface area contributed by atoms with E-state index in [1.54, 1.807) is 19.4 Å². The number of pyridine rings is 1. The van der Waals surface area contributed by atoms with E-state index in [-0.39, 0.29) is 23.2 Å². The van der Waals surface area contributed by atoms with E-state index in [1.165, 1.54) is 0 Å². The maximum atomic E-state index is 11.7. The Labute approximate surface area is 100 Å². The fourth-order valence-corrected chi connectivity index (χ4v) is 2.74. The van der Waals surface area contributed by atoms with Gasteiger partial charge in [0.05, 0.1) is 10.9 Å². The van der Waals surface area contributed by atoms with Crippen molar-refractivity contribution >= 4 is 17.5 Å². The lowest BCUT2D eigenvalue weighted by Gasteiger charge is -2.03. The number of halogens is 1. The third-order valence-electron chi connectivity index (χ3n) is 3.50. The van der Waals surface area contributed by atoms with Crippen molar-refractivity contribution in [2.45, 2.75) is 19.8 Å². The minimum Gasteiger partial charge on any atom is -0.359 e. The van der Waals surface area contributed by atoms with Gasteiger partial charge in [-0.3, -0.25) is 9.78 Å². The van der Waals surface area contributed by atoms with E-state index in [2.05, 4.69) is 24.1 Å². The Morgan fingerprint density at radius 2 is 2.25 bits per heavy atom. The van der Waals surface area contributed by atoms with E-state index in [0.29, 0.717) is 5.02 Å². The number of rotatable bonds is 2. The second-order valence-electron chi connectivity index (χ2n) is 4.79. The van der Waals surface area contributed by atoms with Crippen molar-refractivity contribution in [2.75, 3.05) is 7.05 Å². The molecule has 1 aromatic rings. The van der Waals surface area contributed by atoms with Gasteiger partial charge in [0, 0.05) is 25.4 Å². The molecule has 2 rings (SSSR count). The topological polar surface area (TPSA) is 42.0 Å². The van der Waals surface area contributed by atoms with Gasteiger partial charge in [0.25, 0.3) is 0 Å². The van der Waals surface area contributed by atoms with Crippen LogP contribution in [0.5, 0.6) is 0 Å². The number of nitrogens with zero attached hydrogens (tertiary/aromatic N) is 1. The summed E-state index contributed by atoms with van der Waals surface area (Å²) in [5.74, 6) is 0.295. The highest BCUT2D eigenvalue weighted by Gasteiger charge is 2.62.